The lowest BCUT2D eigenvalue weighted by Gasteiger charge is -2.40. The number of thiophene rings is 1. The van der Waals surface area contributed by atoms with Gasteiger partial charge in [0.2, 0.25) is 0 Å². The molecule has 5 heteroatoms. The van der Waals surface area contributed by atoms with Gasteiger partial charge in [-0.1, -0.05) is 12.1 Å². The van der Waals surface area contributed by atoms with Crippen molar-refractivity contribution in [3.8, 4) is 0 Å². The van der Waals surface area contributed by atoms with Crippen LogP contribution in [0.1, 0.15) is 23.3 Å². The van der Waals surface area contributed by atoms with Gasteiger partial charge in [0.25, 0.3) is 0 Å². The van der Waals surface area contributed by atoms with Crippen molar-refractivity contribution in [2.75, 3.05) is 26.2 Å². The maximum atomic E-state index is 6.13. The number of hydrogen-bond acceptors (Lipinski definition) is 5. The van der Waals surface area contributed by atoms with Gasteiger partial charge in [-0.2, -0.15) is 0 Å². The number of rotatable bonds is 4. The minimum absolute atomic E-state index is 0.378. The number of ether oxygens (including phenoxy) is 1. The van der Waals surface area contributed by atoms with Gasteiger partial charge in [0.1, 0.15) is 0 Å². The van der Waals surface area contributed by atoms with Gasteiger partial charge in [0, 0.05) is 56.0 Å². The van der Waals surface area contributed by atoms with Crippen molar-refractivity contribution in [2.24, 2.45) is 0 Å². The highest BCUT2D eigenvalue weighted by Crippen LogP contribution is 2.26. The molecule has 2 aromatic rings. The van der Waals surface area contributed by atoms with E-state index >= 15 is 0 Å². The molecule has 0 aromatic carbocycles. The quantitative estimate of drug-likeness (QED) is 0.853. The molecule has 128 valence electrons. The largest absolute Gasteiger partial charge is 0.375 e. The second kappa shape index (κ2) is 7.74. The average molecular weight is 343 g/mol. The number of aromatic nitrogens is 1. The van der Waals surface area contributed by atoms with Crippen LogP contribution in [0.3, 0.4) is 0 Å². The topological polar surface area (TPSA) is 28.6 Å². The maximum Gasteiger partial charge on any atom is 0.0743 e. The maximum absolute atomic E-state index is 6.13. The molecule has 2 saturated heterocycles. The van der Waals surface area contributed by atoms with Gasteiger partial charge in [-0.25, -0.2) is 0 Å². The van der Waals surface area contributed by atoms with Crippen LogP contribution in [-0.4, -0.2) is 53.2 Å². The first-order valence-corrected chi connectivity index (χ1v) is 9.76. The Labute approximate surface area is 148 Å². The van der Waals surface area contributed by atoms with Gasteiger partial charge in [-0.15, -0.1) is 11.3 Å². The van der Waals surface area contributed by atoms with Crippen molar-refractivity contribution in [1.29, 1.82) is 0 Å². The van der Waals surface area contributed by atoms with Crippen LogP contribution < -0.4 is 0 Å². The van der Waals surface area contributed by atoms with Crippen molar-refractivity contribution in [3.05, 3.63) is 52.5 Å². The molecular weight excluding hydrogens is 318 g/mol. The van der Waals surface area contributed by atoms with Crippen LogP contribution in [-0.2, 0) is 17.8 Å². The normalized spacial score (nSPS) is 26.0. The van der Waals surface area contributed by atoms with Crippen LogP contribution in [0, 0.1) is 0 Å². The Morgan fingerprint density at radius 1 is 1.12 bits per heavy atom. The summed E-state index contributed by atoms with van der Waals surface area (Å²) in [4.78, 5) is 10.9. The third kappa shape index (κ3) is 3.86. The van der Waals surface area contributed by atoms with Crippen LogP contribution in [0.15, 0.2) is 42.0 Å². The molecule has 24 heavy (non-hydrogen) atoms. The van der Waals surface area contributed by atoms with Crippen LogP contribution >= 0.6 is 11.3 Å². The fourth-order valence-electron chi connectivity index (χ4n) is 3.92. The molecule has 2 atom stereocenters. The van der Waals surface area contributed by atoms with Crippen LogP contribution in [0.25, 0.3) is 0 Å². The highest BCUT2D eigenvalue weighted by Gasteiger charge is 2.34. The summed E-state index contributed by atoms with van der Waals surface area (Å²) in [6, 6.07) is 9.14. The van der Waals surface area contributed by atoms with E-state index in [0.717, 1.165) is 45.8 Å². The molecule has 0 N–H and O–H groups in total. The first kappa shape index (κ1) is 16.2. The fourth-order valence-corrected chi connectivity index (χ4v) is 4.66. The van der Waals surface area contributed by atoms with E-state index in [4.69, 9.17) is 4.74 Å². The summed E-state index contributed by atoms with van der Waals surface area (Å²) in [6.07, 6.45) is 6.55. The van der Waals surface area contributed by atoms with E-state index in [-0.39, 0.29) is 0 Å². The van der Waals surface area contributed by atoms with Gasteiger partial charge >= 0.3 is 0 Å². The average Bonchev–Trinajstić information content (AvgIpc) is 3.03. The zero-order chi connectivity index (χ0) is 16.2. The number of fused-ring (bicyclic) bond motifs is 1. The molecule has 2 aliphatic rings. The lowest BCUT2D eigenvalue weighted by atomic mass is 10.0. The van der Waals surface area contributed by atoms with Crippen LogP contribution in [0.2, 0.25) is 0 Å². The number of pyridine rings is 1. The molecule has 4 nitrogen and oxygen atoms in total. The van der Waals surface area contributed by atoms with Gasteiger partial charge in [0.15, 0.2) is 0 Å². The molecule has 2 fully saturated rings. The summed E-state index contributed by atoms with van der Waals surface area (Å²) >= 11 is 1.86. The summed E-state index contributed by atoms with van der Waals surface area (Å²) < 4.78 is 6.13. The first-order valence-electron chi connectivity index (χ1n) is 8.88. The van der Waals surface area contributed by atoms with Crippen molar-refractivity contribution < 1.29 is 4.74 Å². The summed E-state index contributed by atoms with van der Waals surface area (Å²) in [5.41, 5.74) is 1.30. The van der Waals surface area contributed by atoms with Crippen molar-refractivity contribution in [1.82, 2.24) is 14.8 Å². The van der Waals surface area contributed by atoms with E-state index in [0.29, 0.717) is 12.1 Å². The van der Waals surface area contributed by atoms with E-state index < -0.39 is 0 Å². The molecule has 0 saturated carbocycles. The Morgan fingerprint density at radius 2 is 2.08 bits per heavy atom. The third-order valence-corrected chi connectivity index (χ3v) is 6.01. The number of likely N-dealkylation sites (tertiary alicyclic amines) is 1. The molecule has 0 bridgehead atoms. The second-order valence-electron chi connectivity index (χ2n) is 6.74. The molecule has 0 aliphatic carbocycles. The zero-order valence-electron chi connectivity index (χ0n) is 14.0. The lowest BCUT2D eigenvalue weighted by Crippen LogP contribution is -2.50. The Balaban J connectivity index is 1.40. The molecule has 4 heterocycles. The van der Waals surface area contributed by atoms with Gasteiger partial charge in [-0.05, 0) is 35.9 Å². The monoisotopic (exact) mass is 343 g/mol. The lowest BCUT2D eigenvalue weighted by molar-refractivity contribution is -0.0747. The summed E-state index contributed by atoms with van der Waals surface area (Å²) in [5, 5.41) is 2.17. The van der Waals surface area contributed by atoms with Crippen molar-refractivity contribution in [2.45, 2.75) is 38.1 Å². The third-order valence-electron chi connectivity index (χ3n) is 5.15. The van der Waals surface area contributed by atoms with Crippen molar-refractivity contribution in [3.63, 3.8) is 0 Å². The van der Waals surface area contributed by atoms with Gasteiger partial charge < -0.3 is 4.74 Å². The predicted molar refractivity (Wildman–Crippen MR) is 97.0 cm³/mol. The predicted octanol–water partition coefficient (Wildman–Crippen LogP) is 3.01. The summed E-state index contributed by atoms with van der Waals surface area (Å²) in [6.45, 7) is 6.25. The molecule has 2 aliphatic heterocycles. The zero-order valence-corrected chi connectivity index (χ0v) is 14.8. The highest BCUT2D eigenvalue weighted by atomic mass is 32.1. The van der Waals surface area contributed by atoms with Crippen molar-refractivity contribution >= 4 is 11.3 Å². The number of hydrogen-bond donors (Lipinski definition) is 0. The Morgan fingerprint density at radius 3 is 2.92 bits per heavy atom. The smallest absolute Gasteiger partial charge is 0.0743 e. The standard InChI is InChI=1S/C19H25N3OS/c1-3-16(13-20-7-1)14-22-10-11-23-19-6-9-21(8-5-18(19)22)15-17-4-2-12-24-17/h1-4,7,12-13,18-19H,5-6,8-11,14-15H2/t18-,19+/m0/s1. The Hall–Kier alpha value is -1.27. The molecule has 0 spiro atoms. The van der Waals surface area contributed by atoms with Gasteiger partial charge in [0.05, 0.1) is 12.7 Å². The first-order chi connectivity index (χ1) is 11.9. The Bertz CT molecular complexity index is 619. The van der Waals surface area contributed by atoms with E-state index in [9.17, 15) is 0 Å². The molecule has 4 rings (SSSR count). The molecular formula is C19H25N3OS. The molecule has 0 radical (unpaired) electrons. The fraction of sp³-hybridized carbons (Fsp3) is 0.526. The van der Waals surface area contributed by atoms with E-state index in [1.807, 2.05) is 29.8 Å². The minimum atomic E-state index is 0.378. The SMILES string of the molecule is c1cncc(CN2CCO[C@@H]3CCN(Cc4cccs4)CC[C@@H]32)c1. The molecule has 2 aromatic heterocycles. The van der Waals surface area contributed by atoms with Crippen LogP contribution in [0.4, 0.5) is 0 Å². The number of nitrogens with zero attached hydrogens (tertiary/aromatic N) is 3. The van der Waals surface area contributed by atoms with E-state index in [2.05, 4.69) is 38.4 Å². The Kier molecular flexibility index (Phi) is 5.23. The minimum Gasteiger partial charge on any atom is -0.375 e. The van der Waals surface area contributed by atoms with E-state index in [1.54, 1.807) is 0 Å². The summed E-state index contributed by atoms with van der Waals surface area (Å²) in [7, 11) is 0. The number of morpholine rings is 1. The molecule has 0 unspecified atom stereocenters. The highest BCUT2D eigenvalue weighted by molar-refractivity contribution is 7.09. The van der Waals surface area contributed by atoms with E-state index in [1.165, 1.54) is 16.9 Å². The van der Waals surface area contributed by atoms with Gasteiger partial charge in [-0.3, -0.25) is 14.8 Å². The van der Waals surface area contributed by atoms with Crippen LogP contribution in [0.5, 0.6) is 0 Å². The second-order valence-corrected chi connectivity index (χ2v) is 7.77. The molecule has 0 amide bonds. The summed E-state index contributed by atoms with van der Waals surface area (Å²) in [5.74, 6) is 0.